The van der Waals surface area contributed by atoms with Crippen LogP contribution in [0.25, 0.3) is 6.20 Å². The molecule has 0 aliphatic heterocycles. The zero-order valence-electron chi connectivity index (χ0n) is 26.2. The minimum absolute atomic E-state index is 0.0337. The summed E-state index contributed by atoms with van der Waals surface area (Å²) in [4.78, 5) is 41.3. The lowest BCUT2D eigenvalue weighted by Gasteiger charge is -2.25. The van der Waals surface area contributed by atoms with Crippen molar-refractivity contribution in [2.24, 2.45) is 17.3 Å². The van der Waals surface area contributed by atoms with Gasteiger partial charge in [-0.05, 0) is 55.4 Å². The highest BCUT2D eigenvalue weighted by atomic mass is 31.2. The van der Waals surface area contributed by atoms with Gasteiger partial charge in [0.15, 0.2) is 0 Å². The molecule has 1 aromatic carbocycles. The third-order valence-electron chi connectivity index (χ3n) is 7.48. The number of esters is 2. The van der Waals surface area contributed by atoms with Crippen LogP contribution in [-0.4, -0.2) is 47.5 Å². The second-order valence-electron chi connectivity index (χ2n) is 11.5. The Balaban J connectivity index is 1.80. The molecule has 3 atom stereocenters. The number of para-hydroxylation sites is 1. The van der Waals surface area contributed by atoms with Gasteiger partial charge in [-0.1, -0.05) is 58.7 Å². The van der Waals surface area contributed by atoms with Crippen molar-refractivity contribution in [1.29, 1.82) is 0 Å². The number of anilines is 1. The lowest BCUT2D eigenvalue weighted by molar-refractivity contribution is -0.149. The molecule has 1 unspecified atom stereocenters. The van der Waals surface area contributed by atoms with Gasteiger partial charge in [-0.3, -0.25) is 18.7 Å². The highest BCUT2D eigenvalue weighted by molar-refractivity contribution is 7.54. The minimum atomic E-state index is -3.93. The summed E-state index contributed by atoms with van der Waals surface area (Å²) in [6, 6.07) is 10.1. The zero-order valence-corrected chi connectivity index (χ0v) is 27.1. The first-order valence-corrected chi connectivity index (χ1v) is 17.1. The van der Waals surface area contributed by atoms with Crippen LogP contribution in [0.15, 0.2) is 53.0 Å². The molecule has 0 saturated heterocycles. The van der Waals surface area contributed by atoms with E-state index in [1.807, 2.05) is 6.92 Å². The Kier molecular flexibility index (Phi) is 13.2. The van der Waals surface area contributed by atoms with Gasteiger partial charge >= 0.3 is 25.2 Å². The molecular weight excluding hydrogens is 585 g/mol. The molecule has 0 radical (unpaired) electrons. The predicted molar refractivity (Wildman–Crippen MR) is 169 cm³/mol. The van der Waals surface area contributed by atoms with Crippen LogP contribution in [0.1, 0.15) is 72.6 Å². The third kappa shape index (κ3) is 10.6. The number of aromatic nitrogens is 2. The van der Waals surface area contributed by atoms with Crippen molar-refractivity contribution in [3.05, 3.63) is 58.7 Å². The normalized spacial score (nSPS) is 18.9. The highest BCUT2D eigenvalue weighted by Crippen LogP contribution is 2.58. The average Bonchev–Trinajstić information content (AvgIpc) is 3.68. The molecule has 1 heterocycles. The first-order valence-electron chi connectivity index (χ1n) is 15.4. The van der Waals surface area contributed by atoms with Crippen molar-refractivity contribution in [1.82, 2.24) is 9.55 Å². The molecule has 2 N–H and O–H groups in total. The van der Waals surface area contributed by atoms with E-state index in [1.54, 1.807) is 43.5 Å². The van der Waals surface area contributed by atoms with E-state index < -0.39 is 30.6 Å². The lowest BCUT2D eigenvalue weighted by Crippen LogP contribution is -2.25. The fourth-order valence-corrected chi connectivity index (χ4v) is 6.82. The number of benzene rings is 1. The van der Waals surface area contributed by atoms with Gasteiger partial charge in [0, 0.05) is 18.8 Å². The lowest BCUT2D eigenvalue weighted by atomic mass is 9.99. The molecule has 1 saturated carbocycles. The number of carbonyl (C=O) groups is 2. The summed E-state index contributed by atoms with van der Waals surface area (Å²) in [6.45, 7) is 7.88. The molecule has 3 rings (SSSR count). The van der Waals surface area contributed by atoms with Crippen LogP contribution in [0.2, 0.25) is 0 Å². The molecule has 0 amide bonds. The SMILES string of the molecule is CCCC(=O)OCC1(CO[P@@](=O)(C[C@@H](C)C(=O)OCC(CCC)CCC)Oc2ccccc2)C/C1=C/n1ccc(N)nc1=O. The minimum Gasteiger partial charge on any atom is -0.465 e. The maximum atomic E-state index is 14.3. The third-order valence-corrected chi connectivity index (χ3v) is 9.48. The number of carbonyl (C=O) groups excluding carboxylic acids is 2. The molecule has 0 spiro atoms. The number of rotatable bonds is 19. The second kappa shape index (κ2) is 16.6. The Bertz CT molecular complexity index is 1370. The molecule has 44 heavy (non-hydrogen) atoms. The molecule has 1 aliphatic carbocycles. The molecule has 0 bridgehead atoms. The van der Waals surface area contributed by atoms with Gasteiger partial charge in [-0.25, -0.2) is 9.36 Å². The molecular formula is C32H46N3O8P. The topological polar surface area (TPSA) is 149 Å². The number of nitrogens with zero attached hydrogens (tertiary/aromatic N) is 2. The predicted octanol–water partition coefficient (Wildman–Crippen LogP) is 6.08. The van der Waals surface area contributed by atoms with Gasteiger partial charge in [0.05, 0.1) is 30.7 Å². The largest absolute Gasteiger partial charge is 0.465 e. The summed E-state index contributed by atoms with van der Waals surface area (Å²) < 4.78 is 38.7. The number of nitrogens with two attached hydrogens (primary N) is 1. The summed E-state index contributed by atoms with van der Waals surface area (Å²) in [5.41, 5.74) is 4.96. The van der Waals surface area contributed by atoms with Crippen LogP contribution in [0.3, 0.4) is 0 Å². The van der Waals surface area contributed by atoms with Crippen LogP contribution in [0.4, 0.5) is 5.82 Å². The van der Waals surface area contributed by atoms with E-state index in [1.165, 1.54) is 16.8 Å². The Labute approximate surface area is 259 Å². The maximum Gasteiger partial charge on any atom is 0.380 e. The van der Waals surface area contributed by atoms with Crippen molar-refractivity contribution in [3.8, 4) is 5.75 Å². The number of nitrogen functional groups attached to an aromatic ring is 1. The van der Waals surface area contributed by atoms with E-state index in [4.69, 9.17) is 24.3 Å². The van der Waals surface area contributed by atoms with Gasteiger partial charge in [0.25, 0.3) is 0 Å². The van der Waals surface area contributed by atoms with Crippen molar-refractivity contribution < 1.29 is 32.7 Å². The van der Waals surface area contributed by atoms with E-state index in [0.717, 1.165) is 31.3 Å². The molecule has 1 aromatic heterocycles. The number of hydrogen-bond acceptors (Lipinski definition) is 10. The number of hydrogen-bond donors (Lipinski definition) is 1. The summed E-state index contributed by atoms with van der Waals surface area (Å²) in [5.74, 6) is -0.885. The summed E-state index contributed by atoms with van der Waals surface area (Å²) in [5, 5.41) is 0. The standard InChI is InChI=1S/C32H46N3O8P/c1-5-11-25(12-6-2)20-40-30(37)24(4)21-44(39,43-27-14-9-8-10-15-27)42-23-32(22-41-29(36)13-7-3)18-26(32)19-35-17-16-28(33)34-31(35)38/h8-10,14-17,19,24-25H,5-7,11-13,18,20-23H2,1-4H3,(H2,33,34,38)/b26-19-/t24-,32?,44+/m1/s1. The van der Waals surface area contributed by atoms with Crippen molar-refractivity contribution in [2.45, 2.75) is 72.6 Å². The Hall–Kier alpha value is -3.43. The molecule has 242 valence electrons. The molecule has 11 nitrogen and oxygen atoms in total. The molecule has 1 aliphatic rings. The van der Waals surface area contributed by atoms with E-state index in [2.05, 4.69) is 18.8 Å². The van der Waals surface area contributed by atoms with Gasteiger partial charge in [0.2, 0.25) is 0 Å². The Morgan fingerprint density at radius 3 is 2.41 bits per heavy atom. The Morgan fingerprint density at radius 2 is 1.77 bits per heavy atom. The second-order valence-corrected chi connectivity index (χ2v) is 13.5. The summed E-state index contributed by atoms with van der Waals surface area (Å²) >= 11 is 0. The van der Waals surface area contributed by atoms with Gasteiger partial charge in [0.1, 0.15) is 18.2 Å². The Morgan fingerprint density at radius 1 is 1.07 bits per heavy atom. The van der Waals surface area contributed by atoms with Crippen LogP contribution in [0, 0.1) is 17.3 Å². The molecule has 12 heteroatoms. The fourth-order valence-electron chi connectivity index (χ4n) is 4.88. The highest BCUT2D eigenvalue weighted by Gasteiger charge is 2.52. The van der Waals surface area contributed by atoms with E-state index >= 15 is 0 Å². The van der Waals surface area contributed by atoms with Crippen LogP contribution >= 0.6 is 7.60 Å². The first-order chi connectivity index (χ1) is 21.0. The monoisotopic (exact) mass is 631 g/mol. The van der Waals surface area contributed by atoms with Gasteiger partial charge in [-0.15, -0.1) is 0 Å². The zero-order chi connectivity index (χ0) is 32.2. The van der Waals surface area contributed by atoms with E-state index in [9.17, 15) is 18.9 Å². The van der Waals surface area contributed by atoms with Gasteiger partial charge in [-0.2, -0.15) is 4.98 Å². The molecule has 1 fully saturated rings. The molecule has 2 aromatic rings. The first kappa shape index (κ1) is 35.1. The maximum absolute atomic E-state index is 14.3. The fraction of sp³-hybridized carbons (Fsp3) is 0.562. The summed E-state index contributed by atoms with van der Waals surface area (Å²) in [6.07, 6.45) is 8.11. The van der Waals surface area contributed by atoms with Crippen molar-refractivity contribution in [2.75, 3.05) is 31.7 Å². The van der Waals surface area contributed by atoms with Crippen molar-refractivity contribution >= 4 is 31.6 Å². The van der Waals surface area contributed by atoms with Crippen LogP contribution in [-0.2, 0) is 28.2 Å². The van der Waals surface area contributed by atoms with Crippen LogP contribution < -0.4 is 15.9 Å². The van der Waals surface area contributed by atoms with E-state index in [-0.39, 0.29) is 43.5 Å². The number of ether oxygens (including phenoxy) is 2. The summed E-state index contributed by atoms with van der Waals surface area (Å²) in [7, 11) is -3.93. The quantitative estimate of drug-likeness (QED) is 0.143. The van der Waals surface area contributed by atoms with Gasteiger partial charge < -0.3 is 19.7 Å². The average molecular weight is 632 g/mol. The van der Waals surface area contributed by atoms with Crippen LogP contribution in [0.5, 0.6) is 5.75 Å². The van der Waals surface area contributed by atoms with Crippen molar-refractivity contribution in [3.63, 3.8) is 0 Å². The van der Waals surface area contributed by atoms with E-state index in [0.29, 0.717) is 25.2 Å². The smallest absolute Gasteiger partial charge is 0.380 e.